The zero-order chi connectivity index (χ0) is 14.4. The molecule has 0 aromatic carbocycles. The summed E-state index contributed by atoms with van der Waals surface area (Å²) >= 11 is 0. The minimum absolute atomic E-state index is 0.00579. The van der Waals surface area contributed by atoms with Crippen LogP contribution in [0.5, 0.6) is 0 Å². The van der Waals surface area contributed by atoms with Crippen molar-refractivity contribution in [3.05, 3.63) is 0 Å². The zero-order valence-electron chi connectivity index (χ0n) is 12.3. The molecule has 0 saturated carbocycles. The summed E-state index contributed by atoms with van der Waals surface area (Å²) in [6.07, 6.45) is 3.34. The van der Waals surface area contributed by atoms with Crippen molar-refractivity contribution < 1.29 is 14.7 Å². The van der Waals surface area contributed by atoms with Crippen LogP contribution >= 0.6 is 0 Å². The molecule has 2 unspecified atom stereocenters. The first-order chi connectivity index (χ1) is 8.99. The van der Waals surface area contributed by atoms with Gasteiger partial charge in [0.2, 0.25) is 0 Å². The van der Waals surface area contributed by atoms with Crippen molar-refractivity contribution in [2.75, 3.05) is 26.2 Å². The summed E-state index contributed by atoms with van der Waals surface area (Å²) in [6.45, 7) is 8.15. The van der Waals surface area contributed by atoms with Crippen LogP contribution in [0.4, 0.5) is 4.79 Å². The smallest absolute Gasteiger partial charge is 0.320 e. The van der Waals surface area contributed by atoms with E-state index in [0.29, 0.717) is 12.5 Å². The van der Waals surface area contributed by atoms with Gasteiger partial charge in [0.05, 0.1) is 5.92 Å². The highest BCUT2D eigenvalue weighted by atomic mass is 16.4. The molecule has 19 heavy (non-hydrogen) atoms. The second kappa shape index (κ2) is 7.36. The molecule has 5 heteroatoms. The number of aliphatic carboxylic acids is 1. The van der Waals surface area contributed by atoms with E-state index >= 15 is 0 Å². The molecule has 1 heterocycles. The van der Waals surface area contributed by atoms with Gasteiger partial charge in [-0.1, -0.05) is 20.3 Å². The SMILES string of the molecule is CCC1CCCN(C(=O)N(CC)CC(C)C(=O)O)C1. The van der Waals surface area contributed by atoms with Crippen molar-refractivity contribution in [2.45, 2.75) is 40.0 Å². The molecule has 2 amide bonds. The van der Waals surface area contributed by atoms with Gasteiger partial charge in [0.15, 0.2) is 0 Å². The Hall–Kier alpha value is -1.26. The van der Waals surface area contributed by atoms with Gasteiger partial charge < -0.3 is 14.9 Å². The standard InChI is InChI=1S/C14H26N2O3/c1-4-12-7-6-8-16(10-12)14(19)15(5-2)9-11(3)13(17)18/h11-12H,4-10H2,1-3H3,(H,17,18). The number of hydrogen-bond acceptors (Lipinski definition) is 2. The summed E-state index contributed by atoms with van der Waals surface area (Å²) in [5.74, 6) is -0.778. The van der Waals surface area contributed by atoms with Gasteiger partial charge >= 0.3 is 12.0 Å². The van der Waals surface area contributed by atoms with Gasteiger partial charge in [-0.05, 0) is 25.7 Å². The van der Waals surface area contributed by atoms with Crippen LogP contribution in [0.1, 0.15) is 40.0 Å². The van der Waals surface area contributed by atoms with Gasteiger partial charge in [-0.2, -0.15) is 0 Å². The van der Waals surface area contributed by atoms with Crippen molar-refractivity contribution in [2.24, 2.45) is 11.8 Å². The number of carbonyl (C=O) groups excluding carboxylic acids is 1. The molecule has 1 rings (SSSR count). The minimum Gasteiger partial charge on any atom is -0.481 e. The van der Waals surface area contributed by atoms with E-state index in [4.69, 9.17) is 5.11 Å². The maximum atomic E-state index is 12.4. The van der Waals surface area contributed by atoms with E-state index in [2.05, 4.69) is 6.92 Å². The Labute approximate surface area is 115 Å². The van der Waals surface area contributed by atoms with Crippen LogP contribution in [-0.2, 0) is 4.79 Å². The quantitative estimate of drug-likeness (QED) is 0.833. The summed E-state index contributed by atoms with van der Waals surface area (Å²) < 4.78 is 0. The molecule has 0 bridgehead atoms. The van der Waals surface area contributed by atoms with Crippen LogP contribution in [0.2, 0.25) is 0 Å². The molecule has 1 saturated heterocycles. The third kappa shape index (κ3) is 4.40. The molecular weight excluding hydrogens is 244 g/mol. The average Bonchev–Trinajstić information content (AvgIpc) is 2.43. The van der Waals surface area contributed by atoms with E-state index in [1.54, 1.807) is 11.8 Å². The third-order valence-electron chi connectivity index (χ3n) is 3.93. The Morgan fingerprint density at radius 1 is 1.42 bits per heavy atom. The van der Waals surface area contributed by atoms with E-state index in [0.717, 1.165) is 25.9 Å². The molecule has 1 aliphatic rings. The Balaban J connectivity index is 2.59. The summed E-state index contributed by atoms with van der Waals surface area (Å²) in [7, 11) is 0. The molecule has 110 valence electrons. The number of carboxylic acid groups (broad SMARTS) is 1. The van der Waals surface area contributed by atoms with E-state index in [1.807, 2.05) is 11.8 Å². The first kappa shape index (κ1) is 15.8. The second-order valence-electron chi connectivity index (χ2n) is 5.42. The second-order valence-corrected chi connectivity index (χ2v) is 5.42. The Bertz CT molecular complexity index is 320. The maximum Gasteiger partial charge on any atom is 0.320 e. The number of urea groups is 1. The van der Waals surface area contributed by atoms with Crippen molar-refractivity contribution in [1.29, 1.82) is 0 Å². The lowest BCUT2D eigenvalue weighted by atomic mass is 9.96. The fourth-order valence-electron chi connectivity index (χ4n) is 2.52. The van der Waals surface area contributed by atoms with Crippen LogP contribution in [0.25, 0.3) is 0 Å². The number of carboxylic acids is 1. The Morgan fingerprint density at radius 3 is 2.63 bits per heavy atom. The number of likely N-dealkylation sites (tertiary alicyclic amines) is 1. The molecular formula is C14H26N2O3. The first-order valence-corrected chi connectivity index (χ1v) is 7.26. The molecule has 1 fully saturated rings. The van der Waals surface area contributed by atoms with Crippen LogP contribution < -0.4 is 0 Å². The molecule has 1 N–H and O–H groups in total. The molecule has 0 aliphatic carbocycles. The first-order valence-electron chi connectivity index (χ1n) is 7.26. The van der Waals surface area contributed by atoms with Crippen molar-refractivity contribution >= 4 is 12.0 Å². The van der Waals surface area contributed by atoms with E-state index < -0.39 is 11.9 Å². The highest BCUT2D eigenvalue weighted by Crippen LogP contribution is 2.20. The average molecular weight is 270 g/mol. The molecule has 0 spiro atoms. The van der Waals surface area contributed by atoms with Crippen LogP contribution in [0.3, 0.4) is 0 Å². The highest BCUT2D eigenvalue weighted by Gasteiger charge is 2.27. The van der Waals surface area contributed by atoms with Crippen LogP contribution in [0.15, 0.2) is 0 Å². The molecule has 0 aromatic rings. The number of rotatable bonds is 5. The number of piperidine rings is 1. The van der Waals surface area contributed by atoms with Gasteiger partial charge in [0.25, 0.3) is 0 Å². The molecule has 0 radical (unpaired) electrons. The summed E-state index contributed by atoms with van der Waals surface area (Å²) in [5.41, 5.74) is 0. The van der Waals surface area contributed by atoms with E-state index in [9.17, 15) is 9.59 Å². The fraction of sp³-hybridized carbons (Fsp3) is 0.857. The van der Waals surface area contributed by atoms with Gasteiger partial charge in [0.1, 0.15) is 0 Å². The topological polar surface area (TPSA) is 60.9 Å². The van der Waals surface area contributed by atoms with Gasteiger partial charge in [-0.3, -0.25) is 4.79 Å². The number of hydrogen-bond donors (Lipinski definition) is 1. The molecule has 2 atom stereocenters. The molecule has 0 aromatic heterocycles. The monoisotopic (exact) mass is 270 g/mol. The van der Waals surface area contributed by atoms with Crippen molar-refractivity contribution in [3.63, 3.8) is 0 Å². The Kier molecular flexibility index (Phi) is 6.12. The number of nitrogens with zero attached hydrogens (tertiary/aromatic N) is 2. The van der Waals surface area contributed by atoms with Crippen molar-refractivity contribution in [3.8, 4) is 0 Å². The summed E-state index contributed by atoms with van der Waals surface area (Å²) in [6, 6.07) is -0.00579. The fourth-order valence-corrected chi connectivity index (χ4v) is 2.52. The van der Waals surface area contributed by atoms with Gasteiger partial charge in [0, 0.05) is 26.2 Å². The number of carbonyl (C=O) groups is 2. The minimum atomic E-state index is -0.851. The lowest BCUT2D eigenvalue weighted by Crippen LogP contribution is -2.49. The molecule has 1 aliphatic heterocycles. The zero-order valence-corrected chi connectivity index (χ0v) is 12.3. The van der Waals surface area contributed by atoms with Gasteiger partial charge in [-0.25, -0.2) is 4.79 Å². The van der Waals surface area contributed by atoms with Gasteiger partial charge in [-0.15, -0.1) is 0 Å². The highest BCUT2D eigenvalue weighted by molar-refractivity contribution is 5.76. The summed E-state index contributed by atoms with van der Waals surface area (Å²) in [4.78, 5) is 26.8. The lowest BCUT2D eigenvalue weighted by Gasteiger charge is -2.36. The van der Waals surface area contributed by atoms with Crippen LogP contribution in [0, 0.1) is 11.8 Å². The normalized spacial score (nSPS) is 21.0. The number of amides is 2. The predicted molar refractivity (Wildman–Crippen MR) is 74.0 cm³/mol. The lowest BCUT2D eigenvalue weighted by molar-refractivity contribution is -0.141. The van der Waals surface area contributed by atoms with Crippen molar-refractivity contribution in [1.82, 2.24) is 9.80 Å². The third-order valence-corrected chi connectivity index (χ3v) is 3.93. The van der Waals surface area contributed by atoms with E-state index in [1.165, 1.54) is 6.42 Å². The predicted octanol–water partition coefficient (Wildman–Crippen LogP) is 2.27. The van der Waals surface area contributed by atoms with Crippen LogP contribution in [-0.4, -0.2) is 53.1 Å². The largest absolute Gasteiger partial charge is 0.481 e. The maximum absolute atomic E-state index is 12.4. The Morgan fingerprint density at radius 2 is 2.11 bits per heavy atom. The summed E-state index contributed by atoms with van der Waals surface area (Å²) in [5, 5.41) is 8.95. The molecule has 5 nitrogen and oxygen atoms in total. The van der Waals surface area contributed by atoms with E-state index in [-0.39, 0.29) is 12.6 Å².